The van der Waals surface area contributed by atoms with E-state index in [1.54, 1.807) is 6.92 Å². The zero-order valence-electron chi connectivity index (χ0n) is 11.1. The first-order chi connectivity index (χ1) is 9.69. The van der Waals surface area contributed by atoms with Crippen molar-refractivity contribution in [3.8, 4) is 0 Å². The van der Waals surface area contributed by atoms with Gasteiger partial charge in [0.2, 0.25) is 5.91 Å². The number of non-ortho nitro benzene ring substituents is 1. The van der Waals surface area contributed by atoms with Crippen LogP contribution in [-0.2, 0) is 9.53 Å². The van der Waals surface area contributed by atoms with Gasteiger partial charge in [-0.05, 0) is 12.5 Å². The van der Waals surface area contributed by atoms with Crippen molar-refractivity contribution in [1.29, 1.82) is 0 Å². The standard InChI is InChI=1S/C12H13F3N2O4/c1-8-2-3-9(17(19)20)6-10(8)16-11(18)4-5-21-7-12(13,14)15/h2-3,6H,4-5,7H2,1H3,(H,16,18). The van der Waals surface area contributed by atoms with Crippen LogP contribution < -0.4 is 5.32 Å². The third-order valence-electron chi connectivity index (χ3n) is 2.45. The minimum Gasteiger partial charge on any atom is -0.372 e. The molecule has 116 valence electrons. The molecule has 0 aliphatic rings. The third-order valence-corrected chi connectivity index (χ3v) is 2.45. The molecule has 0 saturated heterocycles. The Hall–Kier alpha value is -2.16. The normalized spacial score (nSPS) is 11.2. The number of aryl methyl sites for hydroxylation is 1. The molecule has 0 atom stereocenters. The maximum Gasteiger partial charge on any atom is 0.411 e. The maximum absolute atomic E-state index is 11.8. The van der Waals surface area contributed by atoms with Crippen LogP contribution in [0.25, 0.3) is 0 Å². The number of nitrogens with one attached hydrogen (secondary N) is 1. The van der Waals surface area contributed by atoms with Crippen LogP contribution in [0, 0.1) is 17.0 Å². The van der Waals surface area contributed by atoms with Crippen LogP contribution in [0.15, 0.2) is 18.2 Å². The number of carbonyl (C=O) groups is 1. The molecule has 0 radical (unpaired) electrons. The van der Waals surface area contributed by atoms with Gasteiger partial charge in [0.05, 0.1) is 23.6 Å². The number of alkyl halides is 3. The summed E-state index contributed by atoms with van der Waals surface area (Å²) in [6.45, 7) is -0.172. The lowest BCUT2D eigenvalue weighted by Gasteiger charge is -2.09. The summed E-state index contributed by atoms with van der Waals surface area (Å²) in [6, 6.07) is 3.94. The molecule has 0 heterocycles. The van der Waals surface area contributed by atoms with Crippen molar-refractivity contribution in [1.82, 2.24) is 0 Å². The van der Waals surface area contributed by atoms with Gasteiger partial charge in [-0.15, -0.1) is 0 Å². The lowest BCUT2D eigenvalue weighted by atomic mass is 10.2. The van der Waals surface area contributed by atoms with Gasteiger partial charge in [-0.3, -0.25) is 14.9 Å². The van der Waals surface area contributed by atoms with E-state index in [-0.39, 0.29) is 24.4 Å². The number of nitrogens with zero attached hydrogens (tertiary/aromatic N) is 1. The van der Waals surface area contributed by atoms with E-state index in [1.165, 1.54) is 18.2 Å². The highest BCUT2D eigenvalue weighted by Crippen LogP contribution is 2.22. The molecule has 1 N–H and O–H groups in total. The van der Waals surface area contributed by atoms with Gasteiger partial charge in [-0.25, -0.2) is 0 Å². The molecule has 1 rings (SSSR count). The highest BCUT2D eigenvalue weighted by molar-refractivity contribution is 5.91. The first-order valence-corrected chi connectivity index (χ1v) is 5.88. The molecule has 0 fully saturated rings. The van der Waals surface area contributed by atoms with E-state index in [0.717, 1.165) is 0 Å². The summed E-state index contributed by atoms with van der Waals surface area (Å²) in [5.74, 6) is -0.583. The molecule has 9 heteroatoms. The fraction of sp³-hybridized carbons (Fsp3) is 0.417. The molecule has 6 nitrogen and oxygen atoms in total. The second kappa shape index (κ2) is 7.02. The summed E-state index contributed by atoms with van der Waals surface area (Å²) in [4.78, 5) is 21.5. The number of hydrogen-bond acceptors (Lipinski definition) is 4. The Labute approximate surface area is 118 Å². The van der Waals surface area contributed by atoms with E-state index < -0.39 is 23.6 Å². The Morgan fingerprint density at radius 3 is 2.67 bits per heavy atom. The predicted molar refractivity (Wildman–Crippen MR) is 68.0 cm³/mol. The quantitative estimate of drug-likeness (QED) is 0.498. The van der Waals surface area contributed by atoms with E-state index in [2.05, 4.69) is 10.1 Å². The van der Waals surface area contributed by atoms with E-state index in [0.29, 0.717) is 5.56 Å². The number of carbonyl (C=O) groups excluding carboxylic acids is 1. The number of anilines is 1. The van der Waals surface area contributed by atoms with Crippen molar-refractivity contribution in [2.75, 3.05) is 18.5 Å². The Bertz CT molecular complexity index is 532. The molecule has 0 bridgehead atoms. The van der Waals surface area contributed by atoms with E-state index in [4.69, 9.17) is 0 Å². The van der Waals surface area contributed by atoms with Crippen LogP contribution in [0.3, 0.4) is 0 Å². The molecule has 21 heavy (non-hydrogen) atoms. The van der Waals surface area contributed by atoms with Crippen LogP contribution in [0.4, 0.5) is 24.5 Å². The van der Waals surface area contributed by atoms with Gasteiger partial charge < -0.3 is 10.1 Å². The average molecular weight is 306 g/mol. The van der Waals surface area contributed by atoms with Crippen LogP contribution in [0.5, 0.6) is 0 Å². The third kappa shape index (κ3) is 6.21. The van der Waals surface area contributed by atoms with E-state index in [1.807, 2.05) is 0 Å². The van der Waals surface area contributed by atoms with Crippen molar-refractivity contribution >= 4 is 17.3 Å². The van der Waals surface area contributed by atoms with Gasteiger partial charge in [-0.1, -0.05) is 6.07 Å². The molecule has 0 aliphatic carbocycles. The summed E-state index contributed by atoms with van der Waals surface area (Å²) in [6.07, 6.45) is -4.72. The van der Waals surface area contributed by atoms with Gasteiger partial charge in [0.1, 0.15) is 6.61 Å². The Morgan fingerprint density at radius 2 is 2.10 bits per heavy atom. The number of nitro groups is 1. The maximum atomic E-state index is 11.8. The molecule has 0 aromatic heterocycles. The van der Waals surface area contributed by atoms with Crippen LogP contribution in [0.2, 0.25) is 0 Å². The van der Waals surface area contributed by atoms with Crippen LogP contribution >= 0.6 is 0 Å². The number of hydrogen-bond donors (Lipinski definition) is 1. The van der Waals surface area contributed by atoms with Gasteiger partial charge in [0.25, 0.3) is 5.69 Å². The van der Waals surface area contributed by atoms with Gasteiger partial charge in [0, 0.05) is 12.1 Å². The minimum atomic E-state index is -4.44. The second-order valence-corrected chi connectivity index (χ2v) is 4.22. The highest BCUT2D eigenvalue weighted by atomic mass is 19.4. The fourth-order valence-electron chi connectivity index (χ4n) is 1.42. The zero-order chi connectivity index (χ0) is 16.0. The zero-order valence-corrected chi connectivity index (χ0v) is 11.1. The van der Waals surface area contributed by atoms with Crippen molar-refractivity contribution in [2.45, 2.75) is 19.5 Å². The second-order valence-electron chi connectivity index (χ2n) is 4.22. The SMILES string of the molecule is Cc1ccc([N+](=O)[O-])cc1NC(=O)CCOCC(F)(F)F. The Balaban J connectivity index is 2.51. The minimum absolute atomic E-state index is 0.191. The summed E-state index contributed by atoms with van der Waals surface area (Å²) >= 11 is 0. The Kier molecular flexibility index (Phi) is 5.65. The molecule has 0 unspecified atom stereocenters. The summed E-state index contributed by atoms with van der Waals surface area (Å²) in [5.41, 5.74) is 0.652. The molecule has 1 aromatic rings. The topological polar surface area (TPSA) is 81.5 Å². The first kappa shape index (κ1) is 16.9. The molecule has 1 amide bonds. The Morgan fingerprint density at radius 1 is 1.43 bits per heavy atom. The van der Waals surface area contributed by atoms with E-state index in [9.17, 15) is 28.1 Å². The van der Waals surface area contributed by atoms with Crippen LogP contribution in [-0.4, -0.2) is 30.2 Å². The molecule has 0 aliphatic heterocycles. The number of rotatable bonds is 6. The molecular weight excluding hydrogens is 293 g/mol. The number of nitro benzene ring substituents is 1. The van der Waals surface area contributed by atoms with Crippen LogP contribution in [0.1, 0.15) is 12.0 Å². The monoisotopic (exact) mass is 306 g/mol. The number of benzene rings is 1. The lowest BCUT2D eigenvalue weighted by molar-refractivity contribution is -0.384. The van der Waals surface area contributed by atoms with Gasteiger partial charge in [0.15, 0.2) is 0 Å². The molecule has 0 saturated carbocycles. The van der Waals surface area contributed by atoms with Crippen molar-refractivity contribution in [2.24, 2.45) is 0 Å². The van der Waals surface area contributed by atoms with Gasteiger partial charge >= 0.3 is 6.18 Å². The summed E-state index contributed by atoms with van der Waals surface area (Å²) < 4.78 is 39.7. The largest absolute Gasteiger partial charge is 0.411 e. The van der Waals surface area contributed by atoms with Crippen molar-refractivity contribution in [3.05, 3.63) is 33.9 Å². The lowest BCUT2D eigenvalue weighted by Crippen LogP contribution is -2.20. The van der Waals surface area contributed by atoms with Gasteiger partial charge in [-0.2, -0.15) is 13.2 Å². The van der Waals surface area contributed by atoms with Crippen molar-refractivity contribution in [3.63, 3.8) is 0 Å². The number of halogens is 3. The van der Waals surface area contributed by atoms with E-state index >= 15 is 0 Å². The molecule has 0 spiro atoms. The molecule has 1 aromatic carbocycles. The average Bonchev–Trinajstić information content (AvgIpc) is 2.36. The number of ether oxygens (including phenoxy) is 1. The summed E-state index contributed by atoms with van der Waals surface area (Å²) in [5, 5.41) is 13.0. The smallest absolute Gasteiger partial charge is 0.372 e. The fourth-order valence-corrected chi connectivity index (χ4v) is 1.42. The first-order valence-electron chi connectivity index (χ1n) is 5.88. The predicted octanol–water partition coefficient (Wildman–Crippen LogP) is 2.81. The molecular formula is C12H13F3N2O4. The summed E-state index contributed by atoms with van der Waals surface area (Å²) in [7, 11) is 0. The number of amides is 1. The highest BCUT2D eigenvalue weighted by Gasteiger charge is 2.27. The van der Waals surface area contributed by atoms with Crippen molar-refractivity contribution < 1.29 is 27.6 Å².